The minimum absolute atomic E-state index is 1.17. The first kappa shape index (κ1) is 12.7. The molecule has 0 aromatic rings. The van der Waals surface area contributed by atoms with Crippen LogP contribution in [0, 0.1) is 0 Å². The Hall–Kier alpha value is -0.800. The van der Waals surface area contributed by atoms with Crippen molar-refractivity contribution in [3.63, 3.8) is 0 Å². The average molecular weight is 235 g/mol. The summed E-state index contributed by atoms with van der Waals surface area (Å²) in [4.78, 5) is 7.37. The smallest absolute Gasteiger partial charge is 0.0323 e. The Labute approximate surface area is 105 Å². The third kappa shape index (κ3) is 3.86. The molecule has 0 aromatic heterocycles. The van der Waals surface area contributed by atoms with Gasteiger partial charge in [-0.15, -0.1) is 0 Å². The van der Waals surface area contributed by atoms with Gasteiger partial charge in [0, 0.05) is 45.0 Å². The third-order valence-corrected chi connectivity index (χ3v) is 3.58. The molecule has 96 valence electrons. The molecule has 1 aliphatic heterocycles. The van der Waals surface area contributed by atoms with E-state index in [2.05, 4.69) is 47.0 Å². The summed E-state index contributed by atoms with van der Waals surface area (Å²) in [5, 5.41) is 0. The Balaban J connectivity index is 1.74. The van der Waals surface area contributed by atoms with Crippen LogP contribution < -0.4 is 0 Å². The lowest BCUT2D eigenvalue weighted by Gasteiger charge is -2.37. The lowest BCUT2D eigenvalue weighted by Crippen LogP contribution is -2.47. The van der Waals surface area contributed by atoms with Crippen LogP contribution in [-0.2, 0) is 0 Å². The first-order chi connectivity index (χ1) is 8.25. The number of nitrogens with zero attached hydrogens (tertiary/aromatic N) is 3. The highest BCUT2D eigenvalue weighted by atomic mass is 15.3. The molecule has 0 radical (unpaired) electrons. The summed E-state index contributed by atoms with van der Waals surface area (Å²) >= 11 is 0. The number of rotatable bonds is 4. The summed E-state index contributed by atoms with van der Waals surface area (Å²) in [5.74, 6) is 0. The van der Waals surface area contributed by atoms with Crippen molar-refractivity contribution in [1.29, 1.82) is 0 Å². The molecule has 1 fully saturated rings. The Kier molecular flexibility index (Phi) is 4.63. The second kappa shape index (κ2) is 6.22. The molecule has 17 heavy (non-hydrogen) atoms. The molecule has 3 heteroatoms. The SMILES string of the molecule is CN(C)CCN1CCN(C2=CCCC=C2)CC1. The van der Waals surface area contributed by atoms with Gasteiger partial charge in [-0.2, -0.15) is 0 Å². The topological polar surface area (TPSA) is 9.72 Å². The summed E-state index contributed by atoms with van der Waals surface area (Å²) in [6.45, 7) is 7.16. The molecule has 1 heterocycles. The number of hydrogen-bond acceptors (Lipinski definition) is 3. The number of hydrogen-bond donors (Lipinski definition) is 0. The molecule has 0 atom stereocenters. The highest BCUT2D eigenvalue weighted by Gasteiger charge is 2.17. The van der Waals surface area contributed by atoms with Gasteiger partial charge in [-0.05, 0) is 33.0 Å². The van der Waals surface area contributed by atoms with Crippen LogP contribution in [0.15, 0.2) is 23.9 Å². The summed E-state index contributed by atoms with van der Waals surface area (Å²) in [6.07, 6.45) is 9.40. The lowest BCUT2D eigenvalue weighted by atomic mass is 10.1. The van der Waals surface area contributed by atoms with Gasteiger partial charge in [0.2, 0.25) is 0 Å². The molecule has 0 saturated carbocycles. The minimum Gasteiger partial charge on any atom is -0.369 e. The molecule has 0 N–H and O–H groups in total. The molecule has 0 amide bonds. The zero-order chi connectivity index (χ0) is 12.1. The third-order valence-electron chi connectivity index (χ3n) is 3.58. The van der Waals surface area contributed by atoms with Gasteiger partial charge in [0.1, 0.15) is 0 Å². The first-order valence-electron chi connectivity index (χ1n) is 6.74. The monoisotopic (exact) mass is 235 g/mol. The second-order valence-corrected chi connectivity index (χ2v) is 5.24. The van der Waals surface area contributed by atoms with Crippen LogP contribution in [0.5, 0.6) is 0 Å². The van der Waals surface area contributed by atoms with Crippen LogP contribution >= 0.6 is 0 Å². The highest BCUT2D eigenvalue weighted by molar-refractivity contribution is 5.21. The van der Waals surface area contributed by atoms with Crippen molar-refractivity contribution in [2.24, 2.45) is 0 Å². The lowest BCUT2D eigenvalue weighted by molar-refractivity contribution is 0.151. The number of allylic oxidation sites excluding steroid dienone is 3. The van der Waals surface area contributed by atoms with Crippen molar-refractivity contribution in [3.05, 3.63) is 23.9 Å². The van der Waals surface area contributed by atoms with Crippen molar-refractivity contribution in [2.75, 3.05) is 53.4 Å². The van der Waals surface area contributed by atoms with Crippen molar-refractivity contribution in [1.82, 2.24) is 14.7 Å². The molecule has 2 aliphatic rings. The van der Waals surface area contributed by atoms with Crippen LogP contribution in [0.4, 0.5) is 0 Å². The molecule has 1 aliphatic carbocycles. The van der Waals surface area contributed by atoms with E-state index in [9.17, 15) is 0 Å². The molecule has 0 spiro atoms. The standard InChI is InChI=1S/C14H25N3/c1-15(2)8-9-16-10-12-17(13-11-16)14-6-4-3-5-7-14/h4,6-7H,3,5,8-13H2,1-2H3. The highest BCUT2D eigenvalue weighted by Crippen LogP contribution is 2.16. The maximum absolute atomic E-state index is 2.57. The van der Waals surface area contributed by atoms with Gasteiger partial charge in [-0.1, -0.05) is 12.2 Å². The van der Waals surface area contributed by atoms with Gasteiger partial charge < -0.3 is 9.80 Å². The molecular formula is C14H25N3. The fourth-order valence-corrected chi connectivity index (χ4v) is 2.41. The molecule has 0 bridgehead atoms. The van der Waals surface area contributed by atoms with E-state index in [1.807, 2.05) is 0 Å². The summed E-state index contributed by atoms with van der Waals surface area (Å²) in [5.41, 5.74) is 1.45. The van der Waals surface area contributed by atoms with E-state index >= 15 is 0 Å². The zero-order valence-electron chi connectivity index (χ0n) is 11.2. The largest absolute Gasteiger partial charge is 0.369 e. The van der Waals surface area contributed by atoms with E-state index in [4.69, 9.17) is 0 Å². The minimum atomic E-state index is 1.17. The molecule has 3 nitrogen and oxygen atoms in total. The number of piperazine rings is 1. The van der Waals surface area contributed by atoms with Crippen LogP contribution in [0.3, 0.4) is 0 Å². The Bertz CT molecular complexity index is 286. The summed E-state index contributed by atoms with van der Waals surface area (Å²) in [6, 6.07) is 0. The van der Waals surface area contributed by atoms with Gasteiger partial charge in [0.05, 0.1) is 0 Å². The van der Waals surface area contributed by atoms with E-state index in [1.54, 1.807) is 0 Å². The summed E-state index contributed by atoms with van der Waals surface area (Å²) < 4.78 is 0. The molecule has 1 saturated heterocycles. The van der Waals surface area contributed by atoms with Gasteiger partial charge in [0.25, 0.3) is 0 Å². The van der Waals surface area contributed by atoms with Crippen LogP contribution in [0.1, 0.15) is 12.8 Å². The Morgan fingerprint density at radius 1 is 1.12 bits per heavy atom. The van der Waals surface area contributed by atoms with Gasteiger partial charge in [-0.3, -0.25) is 4.90 Å². The Morgan fingerprint density at radius 3 is 2.47 bits per heavy atom. The Morgan fingerprint density at radius 2 is 1.88 bits per heavy atom. The fraction of sp³-hybridized carbons (Fsp3) is 0.714. The molecule has 2 rings (SSSR count). The molecule has 0 unspecified atom stereocenters. The van der Waals surface area contributed by atoms with E-state index in [0.717, 1.165) is 0 Å². The van der Waals surface area contributed by atoms with E-state index in [0.29, 0.717) is 0 Å². The number of likely N-dealkylation sites (N-methyl/N-ethyl adjacent to an activating group) is 1. The van der Waals surface area contributed by atoms with Crippen molar-refractivity contribution in [3.8, 4) is 0 Å². The zero-order valence-corrected chi connectivity index (χ0v) is 11.2. The van der Waals surface area contributed by atoms with Gasteiger partial charge in [-0.25, -0.2) is 0 Å². The van der Waals surface area contributed by atoms with E-state index in [-0.39, 0.29) is 0 Å². The summed E-state index contributed by atoms with van der Waals surface area (Å²) in [7, 11) is 4.29. The van der Waals surface area contributed by atoms with Crippen LogP contribution in [0.25, 0.3) is 0 Å². The fourth-order valence-electron chi connectivity index (χ4n) is 2.41. The predicted octanol–water partition coefficient (Wildman–Crippen LogP) is 1.40. The van der Waals surface area contributed by atoms with Crippen molar-refractivity contribution < 1.29 is 0 Å². The maximum atomic E-state index is 2.57. The van der Waals surface area contributed by atoms with Gasteiger partial charge >= 0.3 is 0 Å². The van der Waals surface area contributed by atoms with Crippen LogP contribution in [0.2, 0.25) is 0 Å². The normalized spacial score (nSPS) is 22.1. The van der Waals surface area contributed by atoms with Crippen molar-refractivity contribution in [2.45, 2.75) is 12.8 Å². The van der Waals surface area contributed by atoms with Crippen LogP contribution in [-0.4, -0.2) is 68.1 Å². The second-order valence-electron chi connectivity index (χ2n) is 5.24. The maximum Gasteiger partial charge on any atom is 0.0323 e. The van der Waals surface area contributed by atoms with E-state index < -0.39 is 0 Å². The predicted molar refractivity (Wildman–Crippen MR) is 73.0 cm³/mol. The average Bonchev–Trinajstić information content (AvgIpc) is 2.38. The molecular weight excluding hydrogens is 210 g/mol. The molecule has 0 aromatic carbocycles. The van der Waals surface area contributed by atoms with Crippen molar-refractivity contribution >= 4 is 0 Å². The van der Waals surface area contributed by atoms with Gasteiger partial charge in [0.15, 0.2) is 0 Å². The quantitative estimate of drug-likeness (QED) is 0.729. The van der Waals surface area contributed by atoms with E-state index in [1.165, 1.54) is 57.8 Å². The first-order valence-corrected chi connectivity index (χ1v) is 6.74.